The van der Waals surface area contributed by atoms with E-state index in [9.17, 15) is 0 Å². The molecule has 2 aromatic rings. The molecule has 92 valence electrons. The van der Waals surface area contributed by atoms with Gasteiger partial charge in [-0.15, -0.1) is 0 Å². The van der Waals surface area contributed by atoms with Crippen LogP contribution in [0.25, 0.3) is 0 Å². The molecule has 0 bridgehead atoms. The molecule has 1 heteroatoms. The monoisotopic (exact) mass is 237 g/mol. The van der Waals surface area contributed by atoms with Crippen LogP contribution in [-0.4, -0.2) is 12.8 Å². The first-order chi connectivity index (χ1) is 8.90. The van der Waals surface area contributed by atoms with Gasteiger partial charge in [0.2, 0.25) is 0 Å². The Bertz CT molecular complexity index is 473. The van der Waals surface area contributed by atoms with Crippen molar-refractivity contribution in [1.29, 1.82) is 0 Å². The normalized spacial score (nSPS) is 12.7. The lowest BCUT2D eigenvalue weighted by atomic mass is 9.97. The minimum Gasteiger partial charge on any atom is -0.292 e. The van der Waals surface area contributed by atoms with Crippen LogP contribution in [0.5, 0.6) is 0 Å². The molecule has 18 heavy (non-hydrogen) atoms. The van der Waals surface area contributed by atoms with Crippen molar-refractivity contribution >= 4 is 6.21 Å². The van der Waals surface area contributed by atoms with Crippen molar-refractivity contribution in [2.45, 2.75) is 19.3 Å². The van der Waals surface area contributed by atoms with Gasteiger partial charge in [-0.05, 0) is 17.5 Å². The molecule has 0 heterocycles. The maximum atomic E-state index is 4.56. The van der Waals surface area contributed by atoms with E-state index in [1.165, 1.54) is 11.1 Å². The molecule has 0 unspecified atom stereocenters. The Morgan fingerprint density at radius 1 is 0.944 bits per heavy atom. The summed E-state index contributed by atoms with van der Waals surface area (Å²) < 4.78 is 0. The van der Waals surface area contributed by atoms with Gasteiger partial charge in [0.15, 0.2) is 0 Å². The summed E-state index contributed by atoms with van der Waals surface area (Å²) in [5, 5.41) is 0. The SMILES string of the molecule is CC[C@@H](CN=Cc1ccccc1)c1ccccc1. The van der Waals surface area contributed by atoms with Crippen molar-refractivity contribution in [1.82, 2.24) is 0 Å². The molecule has 0 radical (unpaired) electrons. The molecule has 2 aromatic carbocycles. The Morgan fingerprint density at radius 2 is 1.56 bits per heavy atom. The summed E-state index contributed by atoms with van der Waals surface area (Å²) in [5.74, 6) is 0.520. The molecule has 0 aliphatic carbocycles. The lowest BCUT2D eigenvalue weighted by Gasteiger charge is -2.12. The second-order valence-electron chi connectivity index (χ2n) is 4.42. The van der Waals surface area contributed by atoms with E-state index in [1.807, 2.05) is 24.4 Å². The lowest BCUT2D eigenvalue weighted by Crippen LogP contribution is -2.01. The molecule has 2 rings (SSSR count). The summed E-state index contributed by atoms with van der Waals surface area (Å²) in [6, 6.07) is 20.9. The minimum absolute atomic E-state index is 0.520. The molecule has 0 fully saturated rings. The maximum absolute atomic E-state index is 4.56. The van der Waals surface area contributed by atoms with Gasteiger partial charge in [0, 0.05) is 18.7 Å². The number of rotatable bonds is 5. The molecule has 0 amide bonds. The van der Waals surface area contributed by atoms with Crippen LogP contribution >= 0.6 is 0 Å². The van der Waals surface area contributed by atoms with Gasteiger partial charge in [0.05, 0.1) is 0 Å². The smallest absolute Gasteiger partial charge is 0.0458 e. The van der Waals surface area contributed by atoms with Crippen LogP contribution in [0.15, 0.2) is 65.7 Å². The number of nitrogens with zero attached hydrogens (tertiary/aromatic N) is 1. The van der Waals surface area contributed by atoms with Crippen molar-refractivity contribution in [2.24, 2.45) is 4.99 Å². The van der Waals surface area contributed by atoms with E-state index in [4.69, 9.17) is 0 Å². The van der Waals surface area contributed by atoms with Crippen LogP contribution in [0.2, 0.25) is 0 Å². The van der Waals surface area contributed by atoms with E-state index in [0.29, 0.717) is 5.92 Å². The number of hydrogen-bond acceptors (Lipinski definition) is 1. The van der Waals surface area contributed by atoms with Crippen LogP contribution in [0.4, 0.5) is 0 Å². The van der Waals surface area contributed by atoms with E-state index < -0.39 is 0 Å². The topological polar surface area (TPSA) is 12.4 Å². The first-order valence-electron chi connectivity index (χ1n) is 6.50. The lowest BCUT2D eigenvalue weighted by molar-refractivity contribution is 0.677. The van der Waals surface area contributed by atoms with Crippen LogP contribution in [0.1, 0.15) is 30.4 Å². The molecular formula is C17H19N. The highest BCUT2D eigenvalue weighted by molar-refractivity contribution is 5.79. The molecule has 0 N–H and O–H groups in total. The fraction of sp³-hybridized carbons (Fsp3) is 0.235. The standard InChI is InChI=1S/C17H19N/c1-2-16(17-11-7-4-8-12-17)14-18-13-15-9-5-3-6-10-15/h3-13,16H,2,14H2,1H3/t16-/m0/s1. The third-order valence-corrected chi connectivity index (χ3v) is 3.13. The van der Waals surface area contributed by atoms with Gasteiger partial charge in [-0.3, -0.25) is 4.99 Å². The highest BCUT2D eigenvalue weighted by atomic mass is 14.7. The zero-order valence-corrected chi connectivity index (χ0v) is 10.8. The Hall–Kier alpha value is -1.89. The van der Waals surface area contributed by atoms with E-state index in [-0.39, 0.29) is 0 Å². The summed E-state index contributed by atoms with van der Waals surface area (Å²) in [4.78, 5) is 4.56. The third-order valence-electron chi connectivity index (χ3n) is 3.13. The van der Waals surface area contributed by atoms with Gasteiger partial charge in [-0.1, -0.05) is 67.6 Å². The molecule has 1 atom stereocenters. The van der Waals surface area contributed by atoms with Crippen LogP contribution in [-0.2, 0) is 0 Å². The summed E-state index contributed by atoms with van der Waals surface area (Å²) in [5.41, 5.74) is 2.55. The Balaban J connectivity index is 1.98. The summed E-state index contributed by atoms with van der Waals surface area (Å²) in [7, 11) is 0. The predicted molar refractivity (Wildman–Crippen MR) is 78.4 cm³/mol. The molecule has 0 spiro atoms. The van der Waals surface area contributed by atoms with Gasteiger partial charge in [0.25, 0.3) is 0 Å². The van der Waals surface area contributed by atoms with Gasteiger partial charge in [-0.25, -0.2) is 0 Å². The zero-order valence-electron chi connectivity index (χ0n) is 10.8. The van der Waals surface area contributed by atoms with E-state index >= 15 is 0 Å². The molecule has 0 aromatic heterocycles. The number of benzene rings is 2. The average Bonchev–Trinajstić information content (AvgIpc) is 2.46. The number of hydrogen-bond donors (Lipinski definition) is 0. The Kier molecular flexibility index (Phi) is 4.71. The van der Waals surface area contributed by atoms with Crippen LogP contribution in [0, 0.1) is 0 Å². The van der Waals surface area contributed by atoms with Crippen molar-refractivity contribution < 1.29 is 0 Å². The van der Waals surface area contributed by atoms with Gasteiger partial charge < -0.3 is 0 Å². The van der Waals surface area contributed by atoms with Gasteiger partial charge in [0.1, 0.15) is 0 Å². The first-order valence-corrected chi connectivity index (χ1v) is 6.50. The van der Waals surface area contributed by atoms with E-state index in [1.54, 1.807) is 0 Å². The van der Waals surface area contributed by atoms with Gasteiger partial charge in [-0.2, -0.15) is 0 Å². The average molecular weight is 237 g/mol. The molecular weight excluding hydrogens is 218 g/mol. The molecule has 0 aliphatic rings. The van der Waals surface area contributed by atoms with Gasteiger partial charge >= 0.3 is 0 Å². The van der Waals surface area contributed by atoms with E-state index in [2.05, 4.69) is 54.4 Å². The third kappa shape index (κ3) is 3.56. The van der Waals surface area contributed by atoms with Crippen molar-refractivity contribution in [3.8, 4) is 0 Å². The number of aliphatic imine (C=N–C) groups is 1. The van der Waals surface area contributed by atoms with Crippen molar-refractivity contribution in [3.05, 3.63) is 71.8 Å². The summed E-state index contributed by atoms with van der Waals surface area (Å²) in [6.45, 7) is 3.07. The Labute approximate surface area is 109 Å². The second-order valence-corrected chi connectivity index (χ2v) is 4.42. The summed E-state index contributed by atoms with van der Waals surface area (Å²) >= 11 is 0. The maximum Gasteiger partial charge on any atom is 0.0458 e. The van der Waals surface area contributed by atoms with Crippen molar-refractivity contribution in [3.63, 3.8) is 0 Å². The minimum atomic E-state index is 0.520. The molecule has 0 aliphatic heterocycles. The van der Waals surface area contributed by atoms with Crippen LogP contribution in [0.3, 0.4) is 0 Å². The van der Waals surface area contributed by atoms with Crippen molar-refractivity contribution in [2.75, 3.05) is 6.54 Å². The molecule has 0 saturated heterocycles. The second kappa shape index (κ2) is 6.75. The fourth-order valence-electron chi connectivity index (χ4n) is 2.02. The quantitative estimate of drug-likeness (QED) is 0.687. The first kappa shape index (κ1) is 12.6. The molecule has 0 saturated carbocycles. The Morgan fingerprint density at radius 3 is 2.17 bits per heavy atom. The zero-order chi connectivity index (χ0) is 12.6. The van der Waals surface area contributed by atoms with Crippen LogP contribution < -0.4 is 0 Å². The highest BCUT2D eigenvalue weighted by Gasteiger charge is 2.06. The van der Waals surface area contributed by atoms with E-state index in [0.717, 1.165) is 13.0 Å². The summed E-state index contributed by atoms with van der Waals surface area (Å²) in [6.07, 6.45) is 3.09. The largest absolute Gasteiger partial charge is 0.292 e. The fourth-order valence-corrected chi connectivity index (χ4v) is 2.02. The predicted octanol–water partition coefficient (Wildman–Crippen LogP) is 4.30. The molecule has 1 nitrogen and oxygen atoms in total. The highest BCUT2D eigenvalue weighted by Crippen LogP contribution is 2.19.